The fourth-order valence-electron chi connectivity index (χ4n) is 2.53. The minimum Gasteiger partial charge on any atom is -0.393 e. The number of nitrogens with one attached hydrogen (secondary N) is 1. The van der Waals surface area contributed by atoms with Crippen molar-refractivity contribution in [2.24, 2.45) is 11.8 Å². The van der Waals surface area contributed by atoms with E-state index in [4.69, 9.17) is 0 Å². The van der Waals surface area contributed by atoms with Crippen LogP contribution in [-0.2, 0) is 14.8 Å². The molecule has 1 aliphatic heterocycles. The second kappa shape index (κ2) is 6.87. The molecule has 1 rings (SSSR count). The maximum atomic E-state index is 12.4. The van der Waals surface area contributed by atoms with Crippen molar-refractivity contribution in [2.45, 2.75) is 45.8 Å². The SMILES string of the molecule is CC(C)CC(NS(C)(=O)=O)C(=O)N1CCC(C(C)O)C1. The lowest BCUT2D eigenvalue weighted by Gasteiger charge is -2.25. The molecule has 2 N–H and O–H groups in total. The lowest BCUT2D eigenvalue weighted by atomic mass is 10.0. The van der Waals surface area contributed by atoms with Crippen molar-refractivity contribution in [1.82, 2.24) is 9.62 Å². The molecule has 0 radical (unpaired) electrons. The van der Waals surface area contributed by atoms with Gasteiger partial charge in [0.05, 0.1) is 12.4 Å². The molecule has 0 aliphatic carbocycles. The number of carbonyl (C=O) groups is 1. The number of hydrogen-bond acceptors (Lipinski definition) is 4. The third kappa shape index (κ3) is 5.38. The molecule has 1 amide bonds. The van der Waals surface area contributed by atoms with Crippen LogP contribution in [0.4, 0.5) is 0 Å². The molecule has 0 aromatic heterocycles. The van der Waals surface area contributed by atoms with E-state index in [0.717, 1.165) is 12.7 Å². The van der Waals surface area contributed by atoms with E-state index in [-0.39, 0.29) is 17.7 Å². The minimum absolute atomic E-state index is 0.0804. The highest BCUT2D eigenvalue weighted by Gasteiger charge is 2.33. The van der Waals surface area contributed by atoms with Crippen molar-refractivity contribution < 1.29 is 18.3 Å². The summed E-state index contributed by atoms with van der Waals surface area (Å²) in [5.41, 5.74) is 0. The monoisotopic (exact) mass is 306 g/mol. The Morgan fingerprint density at radius 1 is 1.40 bits per heavy atom. The van der Waals surface area contributed by atoms with E-state index in [1.165, 1.54) is 0 Å². The first-order valence-electron chi connectivity index (χ1n) is 7.04. The number of sulfonamides is 1. The highest BCUT2D eigenvalue weighted by molar-refractivity contribution is 7.88. The van der Waals surface area contributed by atoms with E-state index in [2.05, 4.69) is 4.72 Å². The van der Waals surface area contributed by atoms with Crippen molar-refractivity contribution in [3.05, 3.63) is 0 Å². The first-order chi connectivity index (χ1) is 9.10. The number of aliphatic hydroxyl groups is 1. The first kappa shape index (κ1) is 17.4. The summed E-state index contributed by atoms with van der Waals surface area (Å²) in [5.74, 6) is 0.109. The molecule has 0 saturated carbocycles. The van der Waals surface area contributed by atoms with Crippen molar-refractivity contribution in [3.63, 3.8) is 0 Å². The van der Waals surface area contributed by atoms with Crippen LogP contribution < -0.4 is 4.72 Å². The van der Waals surface area contributed by atoms with E-state index in [9.17, 15) is 18.3 Å². The lowest BCUT2D eigenvalue weighted by molar-refractivity contribution is -0.132. The van der Waals surface area contributed by atoms with Gasteiger partial charge in [0.2, 0.25) is 15.9 Å². The van der Waals surface area contributed by atoms with Crippen LogP contribution in [0, 0.1) is 11.8 Å². The molecule has 6 nitrogen and oxygen atoms in total. The summed E-state index contributed by atoms with van der Waals surface area (Å²) in [4.78, 5) is 14.1. The van der Waals surface area contributed by atoms with Crippen molar-refractivity contribution in [2.75, 3.05) is 19.3 Å². The number of likely N-dealkylation sites (tertiary alicyclic amines) is 1. The number of hydrogen-bond donors (Lipinski definition) is 2. The largest absolute Gasteiger partial charge is 0.393 e. The van der Waals surface area contributed by atoms with Gasteiger partial charge in [-0.3, -0.25) is 4.79 Å². The van der Waals surface area contributed by atoms with E-state index < -0.39 is 22.2 Å². The zero-order chi connectivity index (χ0) is 15.5. The predicted octanol–water partition coefficient (Wildman–Crippen LogP) is 0.180. The minimum atomic E-state index is -3.42. The smallest absolute Gasteiger partial charge is 0.240 e. The van der Waals surface area contributed by atoms with Crippen LogP contribution in [0.2, 0.25) is 0 Å². The Labute approximate surface area is 121 Å². The Kier molecular flexibility index (Phi) is 5.97. The highest BCUT2D eigenvalue weighted by Crippen LogP contribution is 2.21. The van der Waals surface area contributed by atoms with E-state index in [1.54, 1.807) is 11.8 Å². The molecule has 118 valence electrons. The standard InChI is InChI=1S/C13H26N2O4S/c1-9(2)7-12(14-20(4,18)19)13(17)15-6-5-11(8-15)10(3)16/h9-12,14,16H,5-8H2,1-4H3. The summed E-state index contributed by atoms with van der Waals surface area (Å²) in [5, 5.41) is 9.57. The van der Waals surface area contributed by atoms with Gasteiger partial charge < -0.3 is 10.0 Å². The van der Waals surface area contributed by atoms with Gasteiger partial charge in [-0.1, -0.05) is 13.8 Å². The molecule has 3 unspecified atom stereocenters. The molecule has 1 saturated heterocycles. The molecule has 20 heavy (non-hydrogen) atoms. The first-order valence-corrected chi connectivity index (χ1v) is 8.93. The van der Waals surface area contributed by atoms with E-state index in [0.29, 0.717) is 19.5 Å². The molecule has 3 atom stereocenters. The van der Waals surface area contributed by atoms with Gasteiger partial charge in [-0.15, -0.1) is 0 Å². The van der Waals surface area contributed by atoms with Gasteiger partial charge in [0.1, 0.15) is 6.04 Å². The Morgan fingerprint density at radius 3 is 2.40 bits per heavy atom. The van der Waals surface area contributed by atoms with Crippen molar-refractivity contribution >= 4 is 15.9 Å². The zero-order valence-corrected chi connectivity index (χ0v) is 13.5. The molecule has 1 heterocycles. The molecule has 1 fully saturated rings. The van der Waals surface area contributed by atoms with Crippen LogP contribution in [0.3, 0.4) is 0 Å². The molecule has 0 aromatic carbocycles. The van der Waals surface area contributed by atoms with E-state index in [1.807, 2.05) is 13.8 Å². The van der Waals surface area contributed by atoms with E-state index >= 15 is 0 Å². The van der Waals surface area contributed by atoms with Crippen LogP contribution in [0.1, 0.15) is 33.6 Å². The summed E-state index contributed by atoms with van der Waals surface area (Å²) in [6.07, 6.45) is 1.86. The van der Waals surface area contributed by atoms with Crippen molar-refractivity contribution in [1.29, 1.82) is 0 Å². The van der Waals surface area contributed by atoms with Gasteiger partial charge >= 0.3 is 0 Å². The number of aliphatic hydroxyl groups excluding tert-OH is 1. The molecule has 7 heteroatoms. The summed E-state index contributed by atoms with van der Waals surface area (Å²) < 4.78 is 25.2. The Hall–Kier alpha value is -0.660. The summed E-state index contributed by atoms with van der Waals surface area (Å²) in [6, 6.07) is -0.710. The average molecular weight is 306 g/mol. The average Bonchev–Trinajstić information content (AvgIpc) is 2.73. The summed E-state index contributed by atoms with van der Waals surface area (Å²) >= 11 is 0. The quantitative estimate of drug-likeness (QED) is 0.733. The molecule has 0 bridgehead atoms. The Balaban J connectivity index is 2.73. The topological polar surface area (TPSA) is 86.7 Å². The third-order valence-electron chi connectivity index (χ3n) is 3.58. The second-order valence-corrected chi connectivity index (χ2v) is 7.93. The molecular formula is C13H26N2O4S. The van der Waals surface area contributed by atoms with Crippen LogP contribution >= 0.6 is 0 Å². The maximum Gasteiger partial charge on any atom is 0.240 e. The summed E-state index contributed by atoms with van der Waals surface area (Å²) in [7, 11) is -3.42. The molecule has 1 aliphatic rings. The normalized spacial score (nSPS) is 23.1. The van der Waals surface area contributed by atoms with Crippen molar-refractivity contribution in [3.8, 4) is 0 Å². The van der Waals surface area contributed by atoms with Crippen LogP contribution in [-0.4, -0.2) is 55.8 Å². The van der Waals surface area contributed by atoms with Gasteiger partial charge in [0.25, 0.3) is 0 Å². The number of nitrogens with zero attached hydrogens (tertiary/aromatic N) is 1. The van der Waals surface area contributed by atoms with Gasteiger partial charge in [0, 0.05) is 19.0 Å². The van der Waals surface area contributed by atoms with Gasteiger partial charge in [-0.25, -0.2) is 13.1 Å². The number of amides is 1. The fraction of sp³-hybridized carbons (Fsp3) is 0.923. The fourth-order valence-corrected chi connectivity index (χ4v) is 3.24. The maximum absolute atomic E-state index is 12.4. The molecule has 0 aromatic rings. The van der Waals surface area contributed by atoms with Gasteiger partial charge in [0.15, 0.2) is 0 Å². The number of rotatable bonds is 6. The molecular weight excluding hydrogens is 280 g/mol. The Bertz CT molecular complexity index is 434. The Morgan fingerprint density at radius 2 is 2.00 bits per heavy atom. The lowest BCUT2D eigenvalue weighted by Crippen LogP contribution is -2.48. The number of carbonyl (C=O) groups excluding carboxylic acids is 1. The van der Waals surface area contributed by atoms with Crippen LogP contribution in [0.15, 0.2) is 0 Å². The highest BCUT2D eigenvalue weighted by atomic mass is 32.2. The van der Waals surface area contributed by atoms with Crippen LogP contribution in [0.5, 0.6) is 0 Å². The second-order valence-electron chi connectivity index (χ2n) is 6.15. The third-order valence-corrected chi connectivity index (χ3v) is 4.29. The van der Waals surface area contributed by atoms with Crippen LogP contribution in [0.25, 0.3) is 0 Å². The van der Waals surface area contributed by atoms with Gasteiger partial charge in [-0.05, 0) is 25.7 Å². The molecule has 0 spiro atoms. The zero-order valence-electron chi connectivity index (χ0n) is 12.7. The summed E-state index contributed by atoms with van der Waals surface area (Å²) in [6.45, 7) is 6.70. The van der Waals surface area contributed by atoms with Gasteiger partial charge in [-0.2, -0.15) is 0 Å². The predicted molar refractivity (Wildman–Crippen MR) is 77.6 cm³/mol.